The summed E-state index contributed by atoms with van der Waals surface area (Å²) in [5.74, 6) is -0.810. The molecule has 152 valence electrons. The van der Waals surface area contributed by atoms with Crippen molar-refractivity contribution in [2.24, 2.45) is 0 Å². The van der Waals surface area contributed by atoms with Crippen LogP contribution in [0.3, 0.4) is 0 Å². The number of benzene rings is 2. The Morgan fingerprint density at radius 2 is 1.59 bits per heavy atom. The molecular weight excluding hydrogens is 374 g/mol. The van der Waals surface area contributed by atoms with E-state index in [9.17, 15) is 19.7 Å². The molecule has 0 radical (unpaired) electrons. The highest BCUT2D eigenvalue weighted by atomic mass is 16.6. The van der Waals surface area contributed by atoms with E-state index in [2.05, 4.69) is 32.8 Å². The van der Waals surface area contributed by atoms with Crippen LogP contribution >= 0.6 is 0 Å². The summed E-state index contributed by atoms with van der Waals surface area (Å²) in [7, 11) is 0. The number of hydrazine groups is 1. The van der Waals surface area contributed by atoms with E-state index in [0.717, 1.165) is 26.2 Å². The van der Waals surface area contributed by atoms with Crippen molar-refractivity contribution in [3.63, 3.8) is 0 Å². The molecule has 1 aliphatic rings. The molecule has 3 rings (SSSR count). The third-order valence-electron chi connectivity index (χ3n) is 4.80. The fourth-order valence-electron chi connectivity index (χ4n) is 3.12. The Bertz CT molecular complexity index is 849. The highest BCUT2D eigenvalue weighted by Gasteiger charge is 2.18. The van der Waals surface area contributed by atoms with Crippen LogP contribution in [0, 0.1) is 10.1 Å². The van der Waals surface area contributed by atoms with E-state index >= 15 is 0 Å². The van der Waals surface area contributed by atoms with E-state index < -0.39 is 10.8 Å². The van der Waals surface area contributed by atoms with E-state index in [0.29, 0.717) is 6.54 Å². The van der Waals surface area contributed by atoms with Gasteiger partial charge in [-0.25, -0.2) is 0 Å². The van der Waals surface area contributed by atoms with Crippen molar-refractivity contribution < 1.29 is 14.5 Å². The normalized spacial score (nSPS) is 14.3. The molecular formula is C20H23N5O4. The van der Waals surface area contributed by atoms with Gasteiger partial charge in [0.2, 0.25) is 5.91 Å². The van der Waals surface area contributed by atoms with E-state index in [4.69, 9.17) is 0 Å². The van der Waals surface area contributed by atoms with Gasteiger partial charge in [-0.05, 0) is 24.3 Å². The zero-order valence-electron chi connectivity index (χ0n) is 15.9. The largest absolute Gasteiger partial charge is 0.369 e. The second-order valence-electron chi connectivity index (χ2n) is 6.72. The number of nitro benzene ring substituents is 1. The van der Waals surface area contributed by atoms with Crippen LogP contribution in [0.2, 0.25) is 0 Å². The van der Waals surface area contributed by atoms with Gasteiger partial charge in [0.1, 0.15) is 0 Å². The lowest BCUT2D eigenvalue weighted by atomic mass is 10.2. The van der Waals surface area contributed by atoms with E-state index in [1.54, 1.807) is 0 Å². The highest BCUT2D eigenvalue weighted by Crippen LogP contribution is 2.15. The summed E-state index contributed by atoms with van der Waals surface area (Å²) >= 11 is 0. The van der Waals surface area contributed by atoms with Crippen LogP contribution in [0.4, 0.5) is 11.4 Å². The van der Waals surface area contributed by atoms with E-state index in [1.165, 1.54) is 30.0 Å². The number of para-hydroxylation sites is 1. The van der Waals surface area contributed by atoms with Crippen LogP contribution in [-0.4, -0.2) is 54.4 Å². The Kier molecular flexibility index (Phi) is 6.75. The molecule has 2 amide bonds. The van der Waals surface area contributed by atoms with Crippen LogP contribution in [-0.2, 0) is 4.79 Å². The second-order valence-corrected chi connectivity index (χ2v) is 6.72. The molecule has 2 aromatic carbocycles. The Balaban J connectivity index is 1.36. The van der Waals surface area contributed by atoms with Crippen LogP contribution < -0.4 is 15.8 Å². The molecule has 29 heavy (non-hydrogen) atoms. The van der Waals surface area contributed by atoms with Gasteiger partial charge < -0.3 is 4.90 Å². The zero-order chi connectivity index (χ0) is 20.6. The quantitative estimate of drug-likeness (QED) is 0.566. The Labute approximate surface area is 168 Å². The molecule has 1 heterocycles. The lowest BCUT2D eigenvalue weighted by Gasteiger charge is -2.36. The van der Waals surface area contributed by atoms with Crippen LogP contribution in [0.25, 0.3) is 0 Å². The number of nitrogens with one attached hydrogen (secondary N) is 2. The molecule has 1 fully saturated rings. The molecule has 9 heteroatoms. The van der Waals surface area contributed by atoms with Crippen LogP contribution in [0.1, 0.15) is 16.8 Å². The number of non-ortho nitro benzene ring substituents is 1. The van der Waals surface area contributed by atoms with Gasteiger partial charge in [0, 0.05) is 62.5 Å². The number of rotatable bonds is 6. The SMILES string of the molecule is O=C(CCN1CCN(c2ccccc2)CC1)NNC(=O)c1ccc([N+](=O)[O-])cc1. The minimum atomic E-state index is -0.539. The van der Waals surface area contributed by atoms with Crippen molar-refractivity contribution in [1.29, 1.82) is 0 Å². The third-order valence-corrected chi connectivity index (χ3v) is 4.80. The topological polar surface area (TPSA) is 108 Å². The maximum Gasteiger partial charge on any atom is 0.269 e. The molecule has 0 saturated carbocycles. The van der Waals surface area contributed by atoms with E-state index in [1.807, 2.05) is 18.2 Å². The number of piperazine rings is 1. The Morgan fingerprint density at radius 3 is 2.21 bits per heavy atom. The van der Waals surface area contributed by atoms with Crippen molar-refractivity contribution in [2.45, 2.75) is 6.42 Å². The smallest absolute Gasteiger partial charge is 0.269 e. The average Bonchev–Trinajstić information content (AvgIpc) is 2.77. The van der Waals surface area contributed by atoms with E-state index in [-0.39, 0.29) is 23.6 Å². The fourth-order valence-corrected chi connectivity index (χ4v) is 3.12. The average molecular weight is 397 g/mol. The molecule has 0 atom stereocenters. The molecule has 2 aromatic rings. The van der Waals surface area contributed by atoms with Gasteiger partial charge in [0.25, 0.3) is 11.6 Å². The van der Waals surface area contributed by atoms with Gasteiger partial charge in [-0.15, -0.1) is 0 Å². The predicted octanol–water partition coefficient (Wildman–Crippen LogP) is 1.57. The molecule has 2 N–H and O–H groups in total. The lowest BCUT2D eigenvalue weighted by molar-refractivity contribution is -0.384. The number of nitrogens with zero attached hydrogens (tertiary/aromatic N) is 3. The number of anilines is 1. The first-order chi connectivity index (χ1) is 14.0. The van der Waals surface area contributed by atoms with Gasteiger partial charge in [0.15, 0.2) is 0 Å². The van der Waals surface area contributed by atoms with Gasteiger partial charge in [-0.2, -0.15) is 0 Å². The van der Waals surface area contributed by atoms with Gasteiger partial charge in [-0.3, -0.25) is 35.5 Å². The van der Waals surface area contributed by atoms with Gasteiger partial charge >= 0.3 is 0 Å². The minimum absolute atomic E-state index is 0.0991. The molecule has 1 saturated heterocycles. The van der Waals surface area contributed by atoms with Gasteiger partial charge in [0.05, 0.1) is 4.92 Å². The fraction of sp³-hybridized carbons (Fsp3) is 0.300. The van der Waals surface area contributed by atoms with Crippen LogP contribution in [0.5, 0.6) is 0 Å². The van der Waals surface area contributed by atoms with Crippen molar-refractivity contribution in [1.82, 2.24) is 15.8 Å². The molecule has 1 aliphatic heterocycles. The van der Waals surface area contributed by atoms with Crippen molar-refractivity contribution in [3.8, 4) is 0 Å². The lowest BCUT2D eigenvalue weighted by Crippen LogP contribution is -2.48. The molecule has 0 bridgehead atoms. The van der Waals surface area contributed by atoms with Crippen molar-refractivity contribution >= 4 is 23.2 Å². The van der Waals surface area contributed by atoms with Crippen LogP contribution in [0.15, 0.2) is 54.6 Å². The summed E-state index contributed by atoms with van der Waals surface area (Å²) in [6, 6.07) is 15.4. The zero-order valence-corrected chi connectivity index (χ0v) is 15.9. The molecule has 0 aromatic heterocycles. The monoisotopic (exact) mass is 397 g/mol. The number of carbonyl (C=O) groups excluding carboxylic acids is 2. The number of amides is 2. The number of hydrogen-bond donors (Lipinski definition) is 2. The number of carbonyl (C=O) groups is 2. The summed E-state index contributed by atoms with van der Waals surface area (Å²) < 4.78 is 0. The summed E-state index contributed by atoms with van der Waals surface area (Å²) in [5.41, 5.74) is 6.05. The Hall–Kier alpha value is -3.46. The maximum absolute atomic E-state index is 12.0. The van der Waals surface area contributed by atoms with Crippen molar-refractivity contribution in [3.05, 3.63) is 70.3 Å². The molecule has 0 unspecified atom stereocenters. The minimum Gasteiger partial charge on any atom is -0.369 e. The number of nitro groups is 1. The summed E-state index contributed by atoms with van der Waals surface area (Å²) in [6.45, 7) is 4.17. The first kappa shape index (κ1) is 20.3. The predicted molar refractivity (Wildman–Crippen MR) is 108 cm³/mol. The first-order valence-electron chi connectivity index (χ1n) is 9.39. The molecule has 0 aliphatic carbocycles. The summed E-state index contributed by atoms with van der Waals surface area (Å²) in [4.78, 5) is 38.6. The standard InChI is InChI=1S/C20H23N5O4/c26-19(21-22-20(27)16-6-8-18(9-7-16)25(28)29)10-11-23-12-14-24(15-13-23)17-4-2-1-3-5-17/h1-9H,10-15H2,(H,21,26)(H,22,27). The molecule has 9 nitrogen and oxygen atoms in total. The maximum atomic E-state index is 12.0. The Morgan fingerprint density at radius 1 is 0.931 bits per heavy atom. The summed E-state index contributed by atoms with van der Waals surface area (Å²) in [6.07, 6.45) is 0.270. The van der Waals surface area contributed by atoms with Gasteiger partial charge in [-0.1, -0.05) is 18.2 Å². The summed E-state index contributed by atoms with van der Waals surface area (Å²) in [5, 5.41) is 10.6. The number of hydrogen-bond acceptors (Lipinski definition) is 6. The third kappa shape index (κ3) is 5.76. The second kappa shape index (κ2) is 9.65. The highest BCUT2D eigenvalue weighted by molar-refractivity contribution is 5.95. The first-order valence-corrected chi connectivity index (χ1v) is 9.39. The molecule has 0 spiro atoms. The van der Waals surface area contributed by atoms with Crippen molar-refractivity contribution in [2.75, 3.05) is 37.6 Å².